The van der Waals surface area contributed by atoms with E-state index in [2.05, 4.69) is 5.10 Å². The Morgan fingerprint density at radius 3 is 2.79 bits per heavy atom. The Morgan fingerprint density at radius 1 is 1.53 bits per heavy atom. The number of anilines is 1. The summed E-state index contributed by atoms with van der Waals surface area (Å²) in [4.78, 5) is 2.03. The molecule has 0 spiro atoms. The van der Waals surface area contributed by atoms with Gasteiger partial charge in [0.25, 0.3) is 0 Å². The van der Waals surface area contributed by atoms with Crippen LogP contribution in [0.25, 0.3) is 0 Å². The molecule has 100 valence electrons. The van der Waals surface area contributed by atoms with Crippen molar-refractivity contribution in [2.24, 2.45) is 12.8 Å². The quantitative estimate of drug-likeness (QED) is 0.663. The number of nitrogen functional groups attached to an aromatic ring is 1. The first-order valence-corrected chi connectivity index (χ1v) is 6.18. The van der Waals surface area contributed by atoms with E-state index in [4.69, 9.17) is 22.7 Å². The van der Waals surface area contributed by atoms with E-state index in [9.17, 15) is 0 Å². The van der Waals surface area contributed by atoms with Crippen LogP contribution in [-0.2, 0) is 13.6 Å². The fourth-order valence-corrected chi connectivity index (χ4v) is 2.22. The normalized spacial score (nSPS) is 10.5. The summed E-state index contributed by atoms with van der Waals surface area (Å²) in [6, 6.07) is 5.37. The number of hydrogen-bond donors (Lipinski definition) is 2. The topological polar surface area (TPSA) is 70.9 Å². The van der Waals surface area contributed by atoms with Gasteiger partial charge in [-0.15, -0.1) is 0 Å². The van der Waals surface area contributed by atoms with Gasteiger partial charge in [0.15, 0.2) is 0 Å². The second-order valence-electron chi connectivity index (χ2n) is 4.46. The van der Waals surface area contributed by atoms with Crippen LogP contribution in [-0.4, -0.2) is 22.7 Å². The fraction of sp³-hybridized carbons (Fsp3) is 0.231. The molecule has 2 aromatic rings. The summed E-state index contributed by atoms with van der Waals surface area (Å²) in [6.07, 6.45) is 3.79. The third-order valence-electron chi connectivity index (χ3n) is 2.85. The molecule has 5 nitrogen and oxygen atoms in total. The van der Waals surface area contributed by atoms with E-state index in [0.29, 0.717) is 17.1 Å². The average Bonchev–Trinajstić information content (AvgIpc) is 2.74. The SMILES string of the molecule is CN(Cc1cnn(C)c1)c1ccc(C(=N)N)cc1Cl. The summed E-state index contributed by atoms with van der Waals surface area (Å²) in [5, 5.41) is 12.1. The second-order valence-corrected chi connectivity index (χ2v) is 4.87. The molecule has 0 aliphatic carbocycles. The lowest BCUT2D eigenvalue weighted by molar-refractivity contribution is 0.766. The van der Waals surface area contributed by atoms with Gasteiger partial charge in [0.1, 0.15) is 5.84 Å². The lowest BCUT2D eigenvalue weighted by Gasteiger charge is -2.20. The molecule has 6 heteroatoms. The van der Waals surface area contributed by atoms with E-state index in [1.165, 1.54) is 0 Å². The molecule has 0 saturated carbocycles. The van der Waals surface area contributed by atoms with E-state index in [1.54, 1.807) is 16.8 Å². The maximum atomic E-state index is 7.39. The van der Waals surface area contributed by atoms with Crippen LogP contribution < -0.4 is 10.6 Å². The summed E-state index contributed by atoms with van der Waals surface area (Å²) in [5.41, 5.74) is 8.07. The molecule has 1 aromatic carbocycles. The predicted molar refractivity (Wildman–Crippen MR) is 77.8 cm³/mol. The number of halogens is 1. The third-order valence-corrected chi connectivity index (χ3v) is 3.15. The Morgan fingerprint density at radius 2 is 2.26 bits per heavy atom. The molecule has 0 unspecified atom stereocenters. The molecule has 1 aromatic heterocycles. The van der Waals surface area contributed by atoms with Crippen molar-refractivity contribution >= 4 is 23.1 Å². The van der Waals surface area contributed by atoms with Crippen molar-refractivity contribution in [3.8, 4) is 0 Å². The highest BCUT2D eigenvalue weighted by atomic mass is 35.5. The molecule has 19 heavy (non-hydrogen) atoms. The maximum absolute atomic E-state index is 7.39. The molecule has 0 bridgehead atoms. The minimum absolute atomic E-state index is 0.0170. The summed E-state index contributed by atoms with van der Waals surface area (Å²) in [7, 11) is 3.85. The number of nitrogens with zero attached hydrogens (tertiary/aromatic N) is 3. The highest BCUT2D eigenvalue weighted by Gasteiger charge is 2.09. The number of nitrogens with one attached hydrogen (secondary N) is 1. The number of amidine groups is 1. The average molecular weight is 278 g/mol. The van der Waals surface area contributed by atoms with Crippen LogP contribution in [0, 0.1) is 5.41 Å². The first kappa shape index (κ1) is 13.4. The van der Waals surface area contributed by atoms with Crippen molar-refractivity contribution in [1.82, 2.24) is 9.78 Å². The van der Waals surface area contributed by atoms with Gasteiger partial charge in [0, 0.05) is 38.0 Å². The van der Waals surface area contributed by atoms with Gasteiger partial charge in [-0.2, -0.15) is 5.10 Å². The number of nitrogens with two attached hydrogens (primary N) is 1. The number of aromatic nitrogens is 2. The zero-order chi connectivity index (χ0) is 14.0. The van der Waals surface area contributed by atoms with Gasteiger partial charge >= 0.3 is 0 Å². The molecular weight excluding hydrogens is 262 g/mol. The Bertz CT molecular complexity index is 605. The largest absolute Gasteiger partial charge is 0.384 e. The lowest BCUT2D eigenvalue weighted by atomic mass is 10.1. The molecule has 2 rings (SSSR count). The highest BCUT2D eigenvalue weighted by molar-refractivity contribution is 6.33. The summed E-state index contributed by atoms with van der Waals surface area (Å²) < 4.78 is 1.77. The van der Waals surface area contributed by atoms with Crippen LogP contribution in [0.2, 0.25) is 5.02 Å². The molecule has 1 heterocycles. The maximum Gasteiger partial charge on any atom is 0.122 e. The summed E-state index contributed by atoms with van der Waals surface area (Å²) in [6.45, 7) is 0.715. The van der Waals surface area contributed by atoms with Crippen molar-refractivity contribution in [2.75, 3.05) is 11.9 Å². The van der Waals surface area contributed by atoms with E-state index in [1.807, 2.05) is 37.5 Å². The number of hydrogen-bond acceptors (Lipinski definition) is 3. The first-order chi connectivity index (χ1) is 8.97. The Balaban J connectivity index is 2.19. The Labute approximate surface area is 117 Å². The smallest absolute Gasteiger partial charge is 0.122 e. The van der Waals surface area contributed by atoms with Gasteiger partial charge in [0.2, 0.25) is 0 Å². The lowest BCUT2D eigenvalue weighted by Crippen LogP contribution is -2.17. The molecule has 0 saturated heterocycles. The number of benzene rings is 1. The Kier molecular flexibility index (Phi) is 3.76. The van der Waals surface area contributed by atoms with Crippen molar-refractivity contribution < 1.29 is 0 Å². The van der Waals surface area contributed by atoms with Crippen LogP contribution in [0.5, 0.6) is 0 Å². The van der Waals surface area contributed by atoms with Crippen LogP contribution in [0.4, 0.5) is 5.69 Å². The van der Waals surface area contributed by atoms with Crippen LogP contribution >= 0.6 is 11.6 Å². The van der Waals surface area contributed by atoms with Crippen LogP contribution in [0.3, 0.4) is 0 Å². The third kappa shape index (κ3) is 3.06. The predicted octanol–water partition coefficient (Wildman–Crippen LogP) is 1.99. The second kappa shape index (κ2) is 5.32. The van der Waals surface area contributed by atoms with Crippen molar-refractivity contribution in [2.45, 2.75) is 6.54 Å². The highest BCUT2D eigenvalue weighted by Crippen LogP contribution is 2.27. The van der Waals surface area contributed by atoms with E-state index < -0.39 is 0 Å². The number of rotatable bonds is 4. The van der Waals surface area contributed by atoms with Crippen LogP contribution in [0.1, 0.15) is 11.1 Å². The van der Waals surface area contributed by atoms with Crippen molar-refractivity contribution in [1.29, 1.82) is 5.41 Å². The number of aryl methyl sites for hydroxylation is 1. The van der Waals surface area contributed by atoms with Crippen molar-refractivity contribution in [3.63, 3.8) is 0 Å². The monoisotopic (exact) mass is 277 g/mol. The van der Waals surface area contributed by atoms with Gasteiger partial charge in [-0.3, -0.25) is 10.1 Å². The zero-order valence-electron chi connectivity index (χ0n) is 10.9. The fourth-order valence-electron chi connectivity index (χ4n) is 1.90. The molecule has 3 N–H and O–H groups in total. The van der Waals surface area contributed by atoms with E-state index in [-0.39, 0.29) is 5.84 Å². The molecule has 0 atom stereocenters. The van der Waals surface area contributed by atoms with Gasteiger partial charge in [-0.05, 0) is 18.2 Å². The van der Waals surface area contributed by atoms with Gasteiger partial charge < -0.3 is 10.6 Å². The van der Waals surface area contributed by atoms with E-state index in [0.717, 1.165) is 11.3 Å². The van der Waals surface area contributed by atoms with Crippen molar-refractivity contribution in [3.05, 3.63) is 46.7 Å². The molecule has 0 fully saturated rings. The molecule has 0 aliphatic heterocycles. The minimum Gasteiger partial charge on any atom is -0.384 e. The van der Waals surface area contributed by atoms with E-state index >= 15 is 0 Å². The molecular formula is C13H16ClN5. The minimum atomic E-state index is 0.0170. The summed E-state index contributed by atoms with van der Waals surface area (Å²) in [5.74, 6) is 0.0170. The Hall–Kier alpha value is -2.01. The first-order valence-electron chi connectivity index (χ1n) is 5.80. The zero-order valence-corrected chi connectivity index (χ0v) is 11.6. The van der Waals surface area contributed by atoms with Crippen LogP contribution in [0.15, 0.2) is 30.6 Å². The van der Waals surface area contributed by atoms with Gasteiger partial charge in [-0.25, -0.2) is 0 Å². The molecule has 0 aliphatic rings. The van der Waals surface area contributed by atoms with Gasteiger partial charge in [0.05, 0.1) is 16.9 Å². The standard InChI is InChI=1S/C13H16ClN5/c1-18(7-9-6-17-19(2)8-9)12-4-3-10(13(15)16)5-11(12)14/h3-6,8H,7H2,1-2H3,(H3,15,16). The molecule has 0 radical (unpaired) electrons. The molecule has 0 amide bonds. The summed E-state index contributed by atoms with van der Waals surface area (Å²) >= 11 is 6.23. The van der Waals surface area contributed by atoms with Gasteiger partial charge in [-0.1, -0.05) is 11.6 Å².